The van der Waals surface area contributed by atoms with Crippen LogP contribution in [0.15, 0.2) is 54.7 Å². The molecule has 4 rings (SSSR count). The monoisotopic (exact) mass is 322 g/mol. The Morgan fingerprint density at radius 1 is 1.00 bits per heavy atom. The topological polar surface area (TPSA) is 75.2 Å². The summed E-state index contributed by atoms with van der Waals surface area (Å²) in [6, 6.07) is 12.7. The molecule has 0 spiro atoms. The number of aromatic carboxylic acids is 1. The van der Waals surface area contributed by atoms with E-state index in [4.69, 9.17) is 9.84 Å². The first kappa shape index (κ1) is 14.2. The van der Waals surface area contributed by atoms with Gasteiger partial charge in [0.2, 0.25) is 0 Å². The Hall–Kier alpha value is -3.41. The van der Waals surface area contributed by atoms with E-state index in [0.29, 0.717) is 11.5 Å². The first-order chi connectivity index (χ1) is 11.6. The number of nitrogens with one attached hydrogen (secondary N) is 1. The van der Waals surface area contributed by atoms with Crippen molar-refractivity contribution in [1.82, 2.24) is 9.97 Å². The number of ether oxygens (including phenoxy) is 1. The van der Waals surface area contributed by atoms with E-state index < -0.39 is 5.97 Å². The van der Waals surface area contributed by atoms with Crippen molar-refractivity contribution in [3.63, 3.8) is 0 Å². The van der Waals surface area contributed by atoms with Crippen LogP contribution >= 0.6 is 0 Å². The third-order valence-corrected chi connectivity index (χ3v) is 3.72. The summed E-state index contributed by atoms with van der Waals surface area (Å²) in [5.74, 6) is -0.319. The maximum atomic E-state index is 13.0. The Labute approximate surface area is 135 Å². The van der Waals surface area contributed by atoms with Gasteiger partial charge < -0.3 is 14.8 Å². The highest BCUT2D eigenvalue weighted by Crippen LogP contribution is 2.31. The number of carboxylic acids is 1. The van der Waals surface area contributed by atoms with Crippen LogP contribution in [0.5, 0.6) is 11.5 Å². The fraction of sp³-hybridized carbons (Fsp3) is 0. The second-order valence-corrected chi connectivity index (χ2v) is 5.31. The number of carbonyl (C=O) groups is 1. The molecule has 2 N–H and O–H groups in total. The van der Waals surface area contributed by atoms with Gasteiger partial charge in [-0.25, -0.2) is 14.2 Å². The van der Waals surface area contributed by atoms with Gasteiger partial charge in [0.1, 0.15) is 23.0 Å². The van der Waals surface area contributed by atoms with E-state index in [1.165, 1.54) is 24.4 Å². The molecule has 0 unspecified atom stereocenters. The molecule has 0 fully saturated rings. The molecule has 0 aliphatic carbocycles. The second-order valence-electron chi connectivity index (χ2n) is 5.31. The third-order valence-electron chi connectivity index (χ3n) is 3.72. The molecule has 2 aromatic heterocycles. The van der Waals surface area contributed by atoms with Crippen molar-refractivity contribution in [3.8, 4) is 11.5 Å². The molecular formula is C18H11FN2O3. The summed E-state index contributed by atoms with van der Waals surface area (Å²) in [4.78, 5) is 18.2. The van der Waals surface area contributed by atoms with Crippen molar-refractivity contribution in [2.24, 2.45) is 0 Å². The highest BCUT2D eigenvalue weighted by atomic mass is 19.1. The van der Waals surface area contributed by atoms with E-state index in [1.54, 1.807) is 18.2 Å². The van der Waals surface area contributed by atoms with Crippen LogP contribution in [0.25, 0.3) is 21.8 Å². The first-order valence-corrected chi connectivity index (χ1v) is 7.18. The highest BCUT2D eigenvalue weighted by molar-refractivity contribution is 6.09. The van der Waals surface area contributed by atoms with E-state index in [0.717, 1.165) is 21.8 Å². The summed E-state index contributed by atoms with van der Waals surface area (Å²) in [5.41, 5.74) is 1.57. The molecule has 0 radical (unpaired) electrons. The largest absolute Gasteiger partial charge is 0.477 e. The molecule has 24 heavy (non-hydrogen) atoms. The lowest BCUT2D eigenvalue weighted by atomic mass is 10.1. The van der Waals surface area contributed by atoms with Crippen LogP contribution in [0.1, 0.15) is 10.5 Å². The number of benzene rings is 2. The Balaban J connectivity index is 1.80. The number of aromatic amines is 1. The van der Waals surface area contributed by atoms with Crippen LogP contribution in [0.4, 0.5) is 4.39 Å². The van der Waals surface area contributed by atoms with Crippen molar-refractivity contribution < 1.29 is 19.0 Å². The molecule has 0 atom stereocenters. The zero-order valence-electron chi connectivity index (χ0n) is 12.3. The lowest BCUT2D eigenvalue weighted by Crippen LogP contribution is -1.98. The molecule has 2 aromatic carbocycles. The first-order valence-electron chi connectivity index (χ1n) is 7.18. The second kappa shape index (κ2) is 5.34. The molecule has 6 heteroatoms. The van der Waals surface area contributed by atoms with Crippen molar-refractivity contribution in [3.05, 3.63) is 66.2 Å². The summed E-state index contributed by atoms with van der Waals surface area (Å²) in [6.07, 6.45) is 1.50. The normalized spacial score (nSPS) is 11.0. The van der Waals surface area contributed by atoms with Crippen LogP contribution < -0.4 is 4.74 Å². The van der Waals surface area contributed by atoms with Crippen molar-refractivity contribution in [2.75, 3.05) is 0 Å². The molecule has 4 aromatic rings. The lowest BCUT2D eigenvalue weighted by Gasteiger charge is -2.05. The number of hydrogen-bond donors (Lipinski definition) is 2. The summed E-state index contributed by atoms with van der Waals surface area (Å²) in [7, 11) is 0. The number of fused-ring (bicyclic) bond motifs is 3. The van der Waals surface area contributed by atoms with E-state index in [-0.39, 0.29) is 11.5 Å². The van der Waals surface area contributed by atoms with Gasteiger partial charge in [-0.2, -0.15) is 0 Å². The minimum atomic E-state index is -1.08. The number of rotatable bonds is 3. The van der Waals surface area contributed by atoms with Crippen molar-refractivity contribution in [2.45, 2.75) is 0 Å². The van der Waals surface area contributed by atoms with E-state index >= 15 is 0 Å². The smallest absolute Gasteiger partial charge is 0.354 e. The summed E-state index contributed by atoms with van der Waals surface area (Å²) in [6.45, 7) is 0. The number of halogens is 1. The van der Waals surface area contributed by atoms with Crippen LogP contribution in [-0.4, -0.2) is 21.0 Å². The Kier molecular flexibility index (Phi) is 3.16. The van der Waals surface area contributed by atoms with Crippen LogP contribution in [0, 0.1) is 5.82 Å². The van der Waals surface area contributed by atoms with Gasteiger partial charge in [0, 0.05) is 16.3 Å². The molecular weight excluding hydrogens is 311 g/mol. The molecule has 0 aliphatic heterocycles. The fourth-order valence-corrected chi connectivity index (χ4v) is 2.60. The predicted molar refractivity (Wildman–Crippen MR) is 87.0 cm³/mol. The maximum Gasteiger partial charge on any atom is 0.354 e. The zero-order valence-corrected chi connectivity index (χ0v) is 12.3. The highest BCUT2D eigenvalue weighted by Gasteiger charge is 2.11. The number of hydrogen-bond acceptors (Lipinski definition) is 3. The third kappa shape index (κ3) is 2.44. The Morgan fingerprint density at radius 3 is 2.46 bits per heavy atom. The van der Waals surface area contributed by atoms with Gasteiger partial charge in [-0.3, -0.25) is 0 Å². The molecule has 0 bridgehead atoms. The summed E-state index contributed by atoms with van der Waals surface area (Å²) in [5, 5.41) is 10.7. The fourth-order valence-electron chi connectivity index (χ4n) is 2.60. The molecule has 0 aliphatic rings. The Bertz CT molecular complexity index is 1070. The van der Waals surface area contributed by atoms with Crippen LogP contribution in [-0.2, 0) is 0 Å². The number of H-pyrrole nitrogens is 1. The molecule has 0 saturated heterocycles. The Morgan fingerprint density at radius 2 is 1.71 bits per heavy atom. The molecule has 5 nitrogen and oxygen atoms in total. The SMILES string of the molecule is O=C(O)c1cc2c(cn1)[nH]c1ccc(Oc3ccc(F)cc3)cc12. The van der Waals surface area contributed by atoms with E-state index in [9.17, 15) is 9.18 Å². The van der Waals surface area contributed by atoms with Crippen molar-refractivity contribution >= 4 is 27.8 Å². The molecule has 0 saturated carbocycles. The van der Waals surface area contributed by atoms with Crippen LogP contribution in [0.3, 0.4) is 0 Å². The van der Waals surface area contributed by atoms with Gasteiger partial charge >= 0.3 is 5.97 Å². The van der Waals surface area contributed by atoms with Gasteiger partial charge in [-0.05, 0) is 48.5 Å². The predicted octanol–water partition coefficient (Wildman–Crippen LogP) is 4.35. The molecule has 0 amide bonds. The summed E-state index contributed by atoms with van der Waals surface area (Å²) >= 11 is 0. The lowest BCUT2D eigenvalue weighted by molar-refractivity contribution is 0.0690. The summed E-state index contributed by atoms with van der Waals surface area (Å²) < 4.78 is 18.7. The number of pyridine rings is 1. The minimum absolute atomic E-state index is 0.0201. The zero-order chi connectivity index (χ0) is 16.7. The van der Waals surface area contributed by atoms with E-state index in [2.05, 4.69) is 9.97 Å². The van der Waals surface area contributed by atoms with Crippen molar-refractivity contribution in [1.29, 1.82) is 0 Å². The van der Waals surface area contributed by atoms with Gasteiger partial charge in [-0.15, -0.1) is 0 Å². The van der Waals surface area contributed by atoms with E-state index in [1.807, 2.05) is 12.1 Å². The number of carboxylic acid groups (broad SMARTS) is 1. The average molecular weight is 322 g/mol. The van der Waals surface area contributed by atoms with Crippen LogP contribution in [0.2, 0.25) is 0 Å². The molecule has 2 heterocycles. The number of aromatic nitrogens is 2. The standard InChI is InChI=1S/C18H11FN2O3/c19-10-1-3-11(4-2-10)24-12-5-6-15-13(7-12)14-8-16(18(22)23)20-9-17(14)21-15/h1-9,21H,(H,22,23). The maximum absolute atomic E-state index is 13.0. The minimum Gasteiger partial charge on any atom is -0.477 e. The van der Waals surface area contributed by atoms with Gasteiger partial charge in [0.25, 0.3) is 0 Å². The molecule has 118 valence electrons. The quantitative estimate of drug-likeness (QED) is 0.588. The average Bonchev–Trinajstić information content (AvgIpc) is 2.94. The van der Waals surface area contributed by atoms with Gasteiger partial charge in [0.05, 0.1) is 11.7 Å². The van der Waals surface area contributed by atoms with Gasteiger partial charge in [-0.1, -0.05) is 0 Å². The number of nitrogens with zero attached hydrogens (tertiary/aromatic N) is 1. The van der Waals surface area contributed by atoms with Gasteiger partial charge in [0.15, 0.2) is 0 Å².